The second-order valence-corrected chi connectivity index (χ2v) is 3.31. The Morgan fingerprint density at radius 1 is 1.28 bits per heavy atom. The molecule has 6 heteroatoms. The summed E-state index contributed by atoms with van der Waals surface area (Å²) in [6, 6.07) is 7.25. The van der Waals surface area contributed by atoms with Gasteiger partial charge in [0.2, 0.25) is 0 Å². The molecule has 1 aromatic carbocycles. The third kappa shape index (κ3) is 5.75. The molecule has 102 valence electrons. The first-order valence-electron chi connectivity index (χ1n) is 5.59. The SMILES string of the molecule is CCOc1ccccc1OCC(=O)NCCN.Cl. The first-order chi connectivity index (χ1) is 8.27. The highest BCUT2D eigenvalue weighted by molar-refractivity contribution is 5.85. The van der Waals surface area contributed by atoms with Crippen molar-refractivity contribution >= 4 is 18.3 Å². The molecule has 3 N–H and O–H groups in total. The van der Waals surface area contributed by atoms with E-state index in [9.17, 15) is 4.79 Å². The van der Waals surface area contributed by atoms with Crippen LogP contribution in [0, 0.1) is 0 Å². The van der Waals surface area contributed by atoms with Crippen molar-refractivity contribution in [1.29, 1.82) is 0 Å². The van der Waals surface area contributed by atoms with Gasteiger partial charge in [0.25, 0.3) is 5.91 Å². The fraction of sp³-hybridized carbons (Fsp3) is 0.417. The standard InChI is InChI=1S/C12H18N2O3.ClH/c1-2-16-10-5-3-4-6-11(10)17-9-12(15)14-8-7-13;/h3-6H,2,7-9,13H2,1H3,(H,14,15);1H. The predicted octanol–water partition coefficient (Wildman–Crippen LogP) is 0.961. The van der Waals surface area contributed by atoms with Gasteiger partial charge in [-0.2, -0.15) is 0 Å². The third-order valence-electron chi connectivity index (χ3n) is 1.97. The number of halogens is 1. The lowest BCUT2D eigenvalue weighted by atomic mass is 10.3. The molecular formula is C12H19ClN2O3. The van der Waals surface area contributed by atoms with Gasteiger partial charge in [-0.05, 0) is 19.1 Å². The molecule has 0 fully saturated rings. The number of hydrogen-bond acceptors (Lipinski definition) is 4. The van der Waals surface area contributed by atoms with Gasteiger partial charge >= 0.3 is 0 Å². The molecule has 0 aliphatic carbocycles. The van der Waals surface area contributed by atoms with Gasteiger partial charge in [-0.3, -0.25) is 4.79 Å². The quantitative estimate of drug-likeness (QED) is 0.777. The minimum atomic E-state index is -0.193. The Labute approximate surface area is 113 Å². The lowest BCUT2D eigenvalue weighted by Crippen LogP contribution is -2.32. The van der Waals surface area contributed by atoms with Crippen LogP contribution in [0.1, 0.15) is 6.92 Å². The van der Waals surface area contributed by atoms with Crippen LogP contribution in [0.5, 0.6) is 11.5 Å². The molecule has 0 aliphatic heterocycles. The van der Waals surface area contributed by atoms with E-state index in [4.69, 9.17) is 15.2 Å². The van der Waals surface area contributed by atoms with Crippen LogP contribution in [0.3, 0.4) is 0 Å². The van der Waals surface area contributed by atoms with E-state index in [1.54, 1.807) is 12.1 Å². The molecule has 0 saturated heterocycles. The molecule has 0 spiro atoms. The van der Waals surface area contributed by atoms with Crippen molar-refractivity contribution in [2.45, 2.75) is 6.92 Å². The summed E-state index contributed by atoms with van der Waals surface area (Å²) in [4.78, 5) is 11.3. The van der Waals surface area contributed by atoms with Crippen LogP contribution in [-0.2, 0) is 4.79 Å². The Kier molecular flexibility index (Phi) is 8.78. The highest BCUT2D eigenvalue weighted by atomic mass is 35.5. The second kappa shape index (κ2) is 9.56. The number of nitrogens with two attached hydrogens (primary N) is 1. The molecule has 0 aromatic heterocycles. The Morgan fingerprint density at radius 2 is 1.89 bits per heavy atom. The number of ether oxygens (including phenoxy) is 2. The zero-order valence-corrected chi connectivity index (χ0v) is 11.2. The van der Waals surface area contributed by atoms with Crippen LogP contribution in [0.15, 0.2) is 24.3 Å². The summed E-state index contributed by atoms with van der Waals surface area (Å²) >= 11 is 0. The zero-order valence-electron chi connectivity index (χ0n) is 10.3. The first-order valence-corrected chi connectivity index (χ1v) is 5.59. The lowest BCUT2D eigenvalue weighted by molar-refractivity contribution is -0.123. The van der Waals surface area contributed by atoms with Crippen LogP contribution in [0.4, 0.5) is 0 Å². The minimum absolute atomic E-state index is 0. The Balaban J connectivity index is 0.00000289. The molecule has 0 saturated carbocycles. The fourth-order valence-corrected chi connectivity index (χ4v) is 1.25. The maximum absolute atomic E-state index is 11.3. The summed E-state index contributed by atoms with van der Waals surface area (Å²) in [5.74, 6) is 1.01. The van der Waals surface area contributed by atoms with Gasteiger partial charge in [-0.25, -0.2) is 0 Å². The topological polar surface area (TPSA) is 73.6 Å². The maximum atomic E-state index is 11.3. The van der Waals surface area contributed by atoms with E-state index in [0.717, 1.165) is 0 Å². The molecule has 1 rings (SSSR count). The van der Waals surface area contributed by atoms with Crippen molar-refractivity contribution in [2.24, 2.45) is 5.73 Å². The van der Waals surface area contributed by atoms with Gasteiger partial charge in [-0.1, -0.05) is 12.1 Å². The second-order valence-electron chi connectivity index (χ2n) is 3.31. The molecule has 0 unspecified atom stereocenters. The number of carbonyl (C=O) groups excluding carboxylic acids is 1. The third-order valence-corrected chi connectivity index (χ3v) is 1.97. The molecule has 5 nitrogen and oxygen atoms in total. The first kappa shape index (κ1) is 16.5. The summed E-state index contributed by atoms with van der Waals surface area (Å²) in [5, 5.41) is 2.62. The van der Waals surface area contributed by atoms with E-state index in [1.165, 1.54) is 0 Å². The minimum Gasteiger partial charge on any atom is -0.490 e. The van der Waals surface area contributed by atoms with E-state index >= 15 is 0 Å². The van der Waals surface area contributed by atoms with E-state index < -0.39 is 0 Å². The van der Waals surface area contributed by atoms with Crippen molar-refractivity contribution in [3.05, 3.63) is 24.3 Å². The molecule has 0 heterocycles. The summed E-state index contributed by atoms with van der Waals surface area (Å²) < 4.78 is 10.7. The highest BCUT2D eigenvalue weighted by Gasteiger charge is 2.06. The summed E-state index contributed by atoms with van der Waals surface area (Å²) in [5.41, 5.74) is 5.27. The molecule has 1 aromatic rings. The number of amides is 1. The van der Waals surface area contributed by atoms with Crippen LogP contribution in [-0.4, -0.2) is 32.2 Å². The molecule has 0 radical (unpaired) electrons. The molecule has 0 bridgehead atoms. The number of hydrogen-bond donors (Lipinski definition) is 2. The van der Waals surface area contributed by atoms with E-state index in [1.807, 2.05) is 19.1 Å². The van der Waals surface area contributed by atoms with Crippen molar-refractivity contribution in [3.63, 3.8) is 0 Å². The zero-order chi connectivity index (χ0) is 12.5. The molecule has 0 atom stereocenters. The van der Waals surface area contributed by atoms with E-state index in [2.05, 4.69) is 5.32 Å². The molecular weight excluding hydrogens is 256 g/mol. The largest absolute Gasteiger partial charge is 0.490 e. The molecule has 18 heavy (non-hydrogen) atoms. The normalized spacial score (nSPS) is 9.22. The molecule has 0 aliphatic rings. The van der Waals surface area contributed by atoms with Gasteiger partial charge in [0.1, 0.15) is 0 Å². The van der Waals surface area contributed by atoms with Gasteiger partial charge in [0, 0.05) is 13.1 Å². The number of para-hydroxylation sites is 2. The average molecular weight is 275 g/mol. The van der Waals surface area contributed by atoms with E-state index in [-0.39, 0.29) is 24.9 Å². The van der Waals surface area contributed by atoms with Gasteiger partial charge in [-0.15, -0.1) is 12.4 Å². The smallest absolute Gasteiger partial charge is 0.257 e. The Morgan fingerprint density at radius 3 is 2.44 bits per heavy atom. The van der Waals surface area contributed by atoms with Crippen LogP contribution in [0.25, 0.3) is 0 Å². The number of carbonyl (C=O) groups is 1. The maximum Gasteiger partial charge on any atom is 0.257 e. The average Bonchev–Trinajstić information content (AvgIpc) is 2.35. The summed E-state index contributed by atoms with van der Waals surface area (Å²) in [7, 11) is 0. The number of rotatable bonds is 7. The molecule has 1 amide bonds. The van der Waals surface area contributed by atoms with Crippen molar-refractivity contribution in [3.8, 4) is 11.5 Å². The Bertz CT molecular complexity index is 361. The van der Waals surface area contributed by atoms with Crippen LogP contribution < -0.4 is 20.5 Å². The van der Waals surface area contributed by atoms with Crippen LogP contribution in [0.2, 0.25) is 0 Å². The van der Waals surface area contributed by atoms with Crippen molar-refractivity contribution in [1.82, 2.24) is 5.32 Å². The van der Waals surface area contributed by atoms with Gasteiger partial charge in [0.15, 0.2) is 18.1 Å². The van der Waals surface area contributed by atoms with Gasteiger partial charge < -0.3 is 20.5 Å². The lowest BCUT2D eigenvalue weighted by Gasteiger charge is -2.11. The van der Waals surface area contributed by atoms with Crippen LogP contribution >= 0.6 is 12.4 Å². The summed E-state index contributed by atoms with van der Waals surface area (Å²) in [6.45, 7) is 3.28. The number of benzene rings is 1. The van der Waals surface area contributed by atoms with Crippen molar-refractivity contribution in [2.75, 3.05) is 26.3 Å². The Hall–Kier alpha value is -1.46. The summed E-state index contributed by atoms with van der Waals surface area (Å²) in [6.07, 6.45) is 0. The van der Waals surface area contributed by atoms with Gasteiger partial charge in [0.05, 0.1) is 6.61 Å². The highest BCUT2D eigenvalue weighted by Crippen LogP contribution is 2.25. The number of nitrogens with one attached hydrogen (secondary N) is 1. The monoisotopic (exact) mass is 274 g/mol. The van der Waals surface area contributed by atoms with E-state index in [0.29, 0.717) is 31.2 Å². The van der Waals surface area contributed by atoms with Crippen molar-refractivity contribution < 1.29 is 14.3 Å². The fourth-order valence-electron chi connectivity index (χ4n) is 1.25. The predicted molar refractivity (Wildman–Crippen MR) is 72.4 cm³/mol.